The Hall–Kier alpha value is -3.00. The van der Waals surface area contributed by atoms with Gasteiger partial charge in [-0.05, 0) is 24.3 Å². The number of nitrogens with one attached hydrogen (secondary N) is 2. The molecule has 6 nitrogen and oxygen atoms in total. The molecule has 31 heavy (non-hydrogen) atoms. The Balaban J connectivity index is 1.39. The predicted molar refractivity (Wildman–Crippen MR) is 105 cm³/mol. The lowest BCUT2D eigenvalue weighted by Gasteiger charge is -2.07. The van der Waals surface area contributed by atoms with Crippen LogP contribution in [0.15, 0.2) is 36.4 Å². The number of aromatic nitrogens is 2. The lowest BCUT2D eigenvalue weighted by Crippen LogP contribution is -2.16. The first-order valence-corrected chi connectivity index (χ1v) is 9.98. The zero-order valence-corrected chi connectivity index (χ0v) is 16.6. The van der Waals surface area contributed by atoms with Gasteiger partial charge in [-0.1, -0.05) is 22.7 Å². The highest BCUT2D eigenvalue weighted by molar-refractivity contribution is 7.22. The molecule has 2 N–H and O–H groups in total. The third kappa shape index (κ3) is 5.58. The van der Waals surface area contributed by atoms with Gasteiger partial charge in [0.2, 0.25) is 0 Å². The molecule has 0 aliphatic carbocycles. The molecule has 0 bridgehead atoms. The molecule has 0 aliphatic rings. The first-order chi connectivity index (χ1) is 14.5. The Labute approximate surface area is 177 Å². The Kier molecular flexibility index (Phi) is 5.43. The summed E-state index contributed by atoms with van der Waals surface area (Å²) in [6, 6.07) is 7.67. The maximum Gasteiger partial charge on any atom is 0.573 e. The van der Waals surface area contributed by atoms with Crippen LogP contribution in [-0.4, -0.2) is 29.4 Å². The number of ether oxygens (including phenoxy) is 2. The van der Waals surface area contributed by atoms with Crippen LogP contribution in [0, 0.1) is 0 Å². The van der Waals surface area contributed by atoms with Crippen molar-refractivity contribution in [2.75, 3.05) is 17.3 Å². The largest absolute Gasteiger partial charge is 0.573 e. The molecule has 0 unspecified atom stereocenters. The smallest absolute Gasteiger partial charge is 0.406 e. The van der Waals surface area contributed by atoms with Gasteiger partial charge in [-0.3, -0.25) is 0 Å². The van der Waals surface area contributed by atoms with E-state index in [0.29, 0.717) is 30.7 Å². The van der Waals surface area contributed by atoms with Gasteiger partial charge in [-0.2, -0.15) is 0 Å². The van der Waals surface area contributed by atoms with Crippen LogP contribution >= 0.6 is 22.7 Å². The van der Waals surface area contributed by atoms with Crippen LogP contribution in [0.4, 0.5) is 36.6 Å². The van der Waals surface area contributed by atoms with Crippen molar-refractivity contribution in [1.82, 2.24) is 9.97 Å². The molecule has 0 spiro atoms. The number of halogens is 6. The molecule has 4 rings (SSSR count). The first-order valence-electron chi connectivity index (χ1n) is 8.34. The maximum absolute atomic E-state index is 12.3. The molecule has 4 aromatic rings. The minimum atomic E-state index is -4.78. The highest BCUT2D eigenvalue weighted by Gasteiger charge is 2.32. The van der Waals surface area contributed by atoms with Crippen molar-refractivity contribution in [3.05, 3.63) is 36.4 Å². The van der Waals surface area contributed by atoms with Gasteiger partial charge in [0, 0.05) is 12.1 Å². The van der Waals surface area contributed by atoms with Gasteiger partial charge in [0.05, 0.1) is 27.1 Å². The van der Waals surface area contributed by atoms with Crippen molar-refractivity contribution < 1.29 is 35.8 Å². The van der Waals surface area contributed by atoms with Crippen molar-refractivity contribution in [1.29, 1.82) is 0 Å². The molecular formula is C17H10F6N4O2S2. The number of benzene rings is 2. The second kappa shape index (κ2) is 7.92. The molecular weight excluding hydrogens is 470 g/mol. The van der Waals surface area contributed by atoms with Crippen LogP contribution in [0.1, 0.15) is 0 Å². The zero-order chi connectivity index (χ0) is 22.2. The molecule has 0 aliphatic heterocycles. The van der Waals surface area contributed by atoms with E-state index < -0.39 is 12.7 Å². The monoisotopic (exact) mass is 480 g/mol. The van der Waals surface area contributed by atoms with Crippen LogP contribution in [0.2, 0.25) is 0 Å². The van der Waals surface area contributed by atoms with E-state index >= 15 is 0 Å². The van der Waals surface area contributed by atoms with E-state index in [1.54, 1.807) is 0 Å². The number of hydrogen-bond acceptors (Lipinski definition) is 8. The first kappa shape index (κ1) is 21.2. The number of thiazole rings is 2. The van der Waals surface area contributed by atoms with E-state index in [-0.39, 0.29) is 18.2 Å². The SMILES string of the molecule is FC(F)(F)Oc1ccc2nc(NCNc3nc4ccc(OC(F)(F)F)cc4s3)sc2c1. The topological polar surface area (TPSA) is 68.3 Å². The zero-order valence-electron chi connectivity index (χ0n) is 15.0. The summed E-state index contributed by atoms with van der Waals surface area (Å²) in [5.41, 5.74) is 0.999. The predicted octanol–water partition coefficient (Wildman–Crippen LogP) is 6.18. The number of hydrogen-bond donors (Lipinski definition) is 2. The van der Waals surface area contributed by atoms with Crippen molar-refractivity contribution in [2.24, 2.45) is 0 Å². The molecule has 0 saturated carbocycles. The number of anilines is 2. The van der Waals surface area contributed by atoms with Crippen molar-refractivity contribution >= 4 is 53.4 Å². The second-order valence-electron chi connectivity index (χ2n) is 5.92. The van der Waals surface area contributed by atoms with Crippen LogP contribution in [0.5, 0.6) is 11.5 Å². The molecule has 14 heteroatoms. The van der Waals surface area contributed by atoms with Crippen LogP contribution in [0.3, 0.4) is 0 Å². The molecule has 0 amide bonds. The number of nitrogens with zero attached hydrogens (tertiary/aromatic N) is 2. The molecule has 0 saturated heterocycles. The van der Waals surface area contributed by atoms with E-state index in [1.807, 2.05) is 0 Å². The standard InChI is InChI=1S/C17H10F6N4O2S2/c18-16(19,20)28-8-1-3-10-12(5-8)30-14(26-10)24-7-25-15-27-11-4-2-9(6-13(11)31-15)29-17(21,22)23/h1-6H,7H2,(H,24,26)(H,25,27). The average Bonchev–Trinajstić information content (AvgIpc) is 3.21. The Morgan fingerprint density at radius 2 is 1.13 bits per heavy atom. The summed E-state index contributed by atoms with van der Waals surface area (Å²) in [5, 5.41) is 6.83. The van der Waals surface area contributed by atoms with Crippen LogP contribution < -0.4 is 20.1 Å². The van der Waals surface area contributed by atoms with E-state index in [1.165, 1.54) is 36.4 Å². The van der Waals surface area contributed by atoms with Gasteiger partial charge in [-0.15, -0.1) is 26.3 Å². The fraction of sp³-hybridized carbons (Fsp3) is 0.176. The summed E-state index contributed by atoms with van der Waals surface area (Å²) in [6.45, 7) is 0.178. The summed E-state index contributed by atoms with van der Waals surface area (Å²) < 4.78 is 82.8. The van der Waals surface area contributed by atoms with Crippen molar-refractivity contribution in [3.8, 4) is 11.5 Å². The lowest BCUT2D eigenvalue weighted by molar-refractivity contribution is -0.275. The second-order valence-corrected chi connectivity index (χ2v) is 7.98. The van der Waals surface area contributed by atoms with Gasteiger partial charge in [0.15, 0.2) is 10.3 Å². The third-order valence-electron chi connectivity index (χ3n) is 3.67. The van der Waals surface area contributed by atoms with Gasteiger partial charge in [0.1, 0.15) is 11.5 Å². The van der Waals surface area contributed by atoms with E-state index in [0.717, 1.165) is 22.7 Å². The van der Waals surface area contributed by atoms with Crippen molar-refractivity contribution in [2.45, 2.75) is 12.7 Å². The van der Waals surface area contributed by atoms with Crippen LogP contribution in [0.25, 0.3) is 20.4 Å². The molecule has 164 valence electrons. The van der Waals surface area contributed by atoms with Gasteiger partial charge in [-0.25, -0.2) is 9.97 Å². The summed E-state index contributed by atoms with van der Waals surface area (Å²) in [4.78, 5) is 8.52. The van der Waals surface area contributed by atoms with Crippen LogP contribution in [-0.2, 0) is 0 Å². The molecule has 0 atom stereocenters. The Morgan fingerprint density at radius 3 is 1.52 bits per heavy atom. The van der Waals surface area contributed by atoms with E-state index in [2.05, 4.69) is 30.1 Å². The summed E-state index contributed by atoms with van der Waals surface area (Å²) in [6.07, 6.45) is -9.56. The highest BCUT2D eigenvalue weighted by atomic mass is 32.1. The lowest BCUT2D eigenvalue weighted by atomic mass is 10.3. The fourth-order valence-corrected chi connectivity index (χ4v) is 4.33. The number of rotatable bonds is 6. The maximum atomic E-state index is 12.3. The van der Waals surface area contributed by atoms with E-state index in [9.17, 15) is 26.3 Å². The Bertz CT molecular complexity index is 1130. The molecule has 2 aromatic carbocycles. The molecule has 0 radical (unpaired) electrons. The van der Waals surface area contributed by atoms with E-state index in [4.69, 9.17) is 0 Å². The number of fused-ring (bicyclic) bond motifs is 2. The quantitative estimate of drug-likeness (QED) is 0.254. The highest BCUT2D eigenvalue weighted by Crippen LogP contribution is 2.33. The van der Waals surface area contributed by atoms with Gasteiger partial charge >= 0.3 is 12.7 Å². The molecule has 2 heterocycles. The fourth-order valence-electron chi connectivity index (χ4n) is 2.55. The average molecular weight is 480 g/mol. The minimum absolute atomic E-state index is 0.178. The molecule has 2 aromatic heterocycles. The third-order valence-corrected chi connectivity index (χ3v) is 5.62. The Morgan fingerprint density at radius 1 is 0.710 bits per heavy atom. The van der Waals surface area contributed by atoms with Crippen molar-refractivity contribution in [3.63, 3.8) is 0 Å². The summed E-state index contributed by atoms with van der Waals surface area (Å²) >= 11 is 2.27. The van der Waals surface area contributed by atoms with Gasteiger partial charge in [0.25, 0.3) is 0 Å². The summed E-state index contributed by atoms with van der Waals surface area (Å²) in [7, 11) is 0. The normalized spacial score (nSPS) is 12.3. The molecule has 0 fully saturated rings. The number of alkyl halides is 6. The minimum Gasteiger partial charge on any atom is -0.406 e. The van der Waals surface area contributed by atoms with Gasteiger partial charge < -0.3 is 20.1 Å². The summed E-state index contributed by atoms with van der Waals surface area (Å²) in [5.74, 6) is -0.673.